The molecule has 2 fully saturated rings. The minimum atomic E-state index is 0.0865. The van der Waals surface area contributed by atoms with Crippen LogP contribution < -0.4 is 10.2 Å². The van der Waals surface area contributed by atoms with Gasteiger partial charge in [0.05, 0.1) is 18.8 Å². The first kappa shape index (κ1) is 21.1. The summed E-state index contributed by atoms with van der Waals surface area (Å²) in [7, 11) is 0. The van der Waals surface area contributed by atoms with E-state index in [9.17, 15) is 4.79 Å². The molecule has 1 saturated carbocycles. The molecule has 0 spiro atoms. The monoisotopic (exact) mass is 387 g/mol. The number of hydrogen-bond acceptors (Lipinski definition) is 4. The predicted molar refractivity (Wildman–Crippen MR) is 116 cm³/mol. The van der Waals surface area contributed by atoms with Crippen molar-refractivity contribution in [2.75, 3.05) is 29.9 Å². The second kappa shape index (κ2) is 9.27. The van der Waals surface area contributed by atoms with Crippen molar-refractivity contribution in [1.29, 1.82) is 0 Å². The Bertz CT molecular complexity index is 634. The number of nitrogens with zero attached hydrogens (tertiary/aromatic N) is 2. The number of rotatable bonds is 8. The lowest BCUT2D eigenvalue weighted by molar-refractivity contribution is -0.118. The van der Waals surface area contributed by atoms with Crippen molar-refractivity contribution in [2.24, 2.45) is 5.92 Å². The third-order valence-corrected chi connectivity index (χ3v) is 6.27. The van der Waals surface area contributed by atoms with Crippen LogP contribution >= 0.6 is 0 Å². The Morgan fingerprint density at radius 1 is 1.18 bits per heavy atom. The minimum absolute atomic E-state index is 0.0865. The summed E-state index contributed by atoms with van der Waals surface area (Å²) in [6.07, 6.45) is 4.07. The minimum Gasteiger partial charge on any atom is -0.372 e. The fraction of sp³-hybridized carbons (Fsp3) is 0.696. The summed E-state index contributed by atoms with van der Waals surface area (Å²) in [5, 5.41) is 3.09. The van der Waals surface area contributed by atoms with Gasteiger partial charge in [-0.3, -0.25) is 9.69 Å². The molecule has 5 nitrogen and oxygen atoms in total. The Balaban J connectivity index is 1.56. The van der Waals surface area contributed by atoms with Gasteiger partial charge in [-0.2, -0.15) is 0 Å². The summed E-state index contributed by atoms with van der Waals surface area (Å²) in [6, 6.07) is 9.25. The van der Waals surface area contributed by atoms with E-state index in [1.807, 2.05) is 12.1 Å². The van der Waals surface area contributed by atoms with Crippen molar-refractivity contribution in [3.8, 4) is 0 Å². The molecule has 1 aliphatic heterocycles. The van der Waals surface area contributed by atoms with Gasteiger partial charge in [0.25, 0.3) is 0 Å². The van der Waals surface area contributed by atoms with E-state index in [1.165, 1.54) is 18.5 Å². The number of amides is 1. The molecule has 0 aromatic heterocycles. The van der Waals surface area contributed by atoms with Gasteiger partial charge in [0.15, 0.2) is 0 Å². The van der Waals surface area contributed by atoms with E-state index in [0.29, 0.717) is 24.5 Å². The SMILES string of the molecule is CCC(C)C(C)N(CC(=O)Nc1ccc(N2CC(C)OC(C)C2)cc1)C1CC1. The Morgan fingerprint density at radius 3 is 2.32 bits per heavy atom. The quantitative estimate of drug-likeness (QED) is 0.728. The van der Waals surface area contributed by atoms with Crippen LogP contribution in [-0.4, -0.2) is 54.7 Å². The van der Waals surface area contributed by atoms with Crippen LogP contribution in [0.2, 0.25) is 0 Å². The smallest absolute Gasteiger partial charge is 0.238 e. The summed E-state index contributed by atoms with van der Waals surface area (Å²) >= 11 is 0. The molecule has 3 rings (SSSR count). The normalized spacial score (nSPS) is 24.9. The molecule has 28 heavy (non-hydrogen) atoms. The van der Waals surface area contributed by atoms with Gasteiger partial charge in [-0.1, -0.05) is 20.3 Å². The fourth-order valence-electron chi connectivity index (χ4n) is 4.19. The number of anilines is 2. The van der Waals surface area contributed by atoms with E-state index in [-0.39, 0.29) is 18.1 Å². The van der Waals surface area contributed by atoms with Gasteiger partial charge >= 0.3 is 0 Å². The summed E-state index contributed by atoms with van der Waals surface area (Å²) in [6.45, 7) is 13.3. The largest absolute Gasteiger partial charge is 0.372 e. The first-order valence-corrected chi connectivity index (χ1v) is 10.9. The lowest BCUT2D eigenvalue weighted by Gasteiger charge is -2.37. The van der Waals surface area contributed by atoms with Crippen molar-refractivity contribution < 1.29 is 9.53 Å². The standard InChI is InChI=1S/C23H37N3O2/c1-6-16(2)19(5)26(22-11-12-22)15-23(27)24-20-7-9-21(10-8-20)25-13-17(3)28-18(4)14-25/h7-10,16-19,22H,6,11-15H2,1-5H3,(H,24,27). The van der Waals surface area contributed by atoms with Gasteiger partial charge < -0.3 is 15.0 Å². The molecule has 5 heteroatoms. The molecule has 4 atom stereocenters. The summed E-state index contributed by atoms with van der Waals surface area (Å²) in [5.74, 6) is 0.689. The molecule has 1 aromatic rings. The molecule has 0 radical (unpaired) electrons. The molecular formula is C23H37N3O2. The van der Waals surface area contributed by atoms with Crippen LogP contribution in [0.5, 0.6) is 0 Å². The number of morpholine rings is 1. The number of carbonyl (C=O) groups is 1. The van der Waals surface area contributed by atoms with Crippen molar-refractivity contribution in [1.82, 2.24) is 4.90 Å². The zero-order valence-corrected chi connectivity index (χ0v) is 18.1. The maximum atomic E-state index is 12.7. The zero-order valence-electron chi connectivity index (χ0n) is 18.1. The van der Waals surface area contributed by atoms with Crippen LogP contribution in [0.3, 0.4) is 0 Å². The average molecular weight is 388 g/mol. The summed E-state index contributed by atoms with van der Waals surface area (Å²) in [5.41, 5.74) is 2.06. The van der Waals surface area contributed by atoms with E-state index in [2.05, 4.69) is 61.9 Å². The van der Waals surface area contributed by atoms with Gasteiger partial charge in [-0.05, 0) is 63.8 Å². The second-order valence-electron chi connectivity index (χ2n) is 8.79. The van der Waals surface area contributed by atoms with Crippen molar-refractivity contribution >= 4 is 17.3 Å². The highest BCUT2D eigenvalue weighted by atomic mass is 16.5. The first-order valence-electron chi connectivity index (χ1n) is 10.9. The summed E-state index contributed by atoms with van der Waals surface area (Å²) in [4.78, 5) is 17.4. The molecule has 2 aliphatic rings. The van der Waals surface area contributed by atoms with Crippen LogP contribution in [0.4, 0.5) is 11.4 Å². The zero-order chi connectivity index (χ0) is 20.3. The van der Waals surface area contributed by atoms with Gasteiger partial charge in [-0.25, -0.2) is 0 Å². The molecule has 156 valence electrons. The van der Waals surface area contributed by atoms with Gasteiger partial charge in [0.1, 0.15) is 0 Å². The van der Waals surface area contributed by atoms with Crippen LogP contribution in [-0.2, 0) is 9.53 Å². The molecule has 4 unspecified atom stereocenters. The van der Waals surface area contributed by atoms with E-state index in [0.717, 1.165) is 25.2 Å². The third-order valence-electron chi connectivity index (χ3n) is 6.27. The van der Waals surface area contributed by atoms with Crippen LogP contribution in [0.1, 0.15) is 53.9 Å². The number of hydrogen-bond donors (Lipinski definition) is 1. The van der Waals surface area contributed by atoms with Crippen molar-refractivity contribution in [3.63, 3.8) is 0 Å². The fourth-order valence-corrected chi connectivity index (χ4v) is 4.19. The van der Waals surface area contributed by atoms with E-state index in [4.69, 9.17) is 4.74 Å². The molecule has 1 amide bonds. The van der Waals surface area contributed by atoms with E-state index < -0.39 is 0 Å². The van der Waals surface area contributed by atoms with E-state index in [1.54, 1.807) is 0 Å². The average Bonchev–Trinajstić information content (AvgIpc) is 3.50. The Labute approximate surface area is 170 Å². The molecule has 1 aromatic carbocycles. The van der Waals surface area contributed by atoms with Crippen LogP contribution in [0, 0.1) is 5.92 Å². The predicted octanol–water partition coefficient (Wildman–Crippen LogP) is 4.14. The molecule has 0 bridgehead atoms. The van der Waals surface area contributed by atoms with Crippen molar-refractivity contribution in [3.05, 3.63) is 24.3 Å². The number of benzene rings is 1. The maximum Gasteiger partial charge on any atom is 0.238 e. The summed E-state index contributed by atoms with van der Waals surface area (Å²) < 4.78 is 5.82. The molecule has 1 saturated heterocycles. The lowest BCUT2D eigenvalue weighted by Crippen LogP contribution is -2.45. The molecular weight excluding hydrogens is 350 g/mol. The van der Waals surface area contributed by atoms with Crippen LogP contribution in [0.25, 0.3) is 0 Å². The Morgan fingerprint density at radius 2 is 1.79 bits per heavy atom. The van der Waals surface area contributed by atoms with Crippen molar-refractivity contribution in [2.45, 2.75) is 78.2 Å². The number of nitrogens with one attached hydrogen (secondary N) is 1. The van der Waals surface area contributed by atoms with Gasteiger partial charge in [0.2, 0.25) is 5.91 Å². The Hall–Kier alpha value is -1.59. The number of ether oxygens (including phenoxy) is 1. The topological polar surface area (TPSA) is 44.8 Å². The number of carbonyl (C=O) groups excluding carboxylic acids is 1. The maximum absolute atomic E-state index is 12.7. The molecule has 1 aliphatic carbocycles. The highest BCUT2D eigenvalue weighted by molar-refractivity contribution is 5.92. The first-order chi connectivity index (χ1) is 13.4. The highest BCUT2D eigenvalue weighted by Crippen LogP contribution is 2.31. The second-order valence-corrected chi connectivity index (χ2v) is 8.79. The molecule has 1 heterocycles. The van der Waals surface area contributed by atoms with Crippen LogP contribution in [0.15, 0.2) is 24.3 Å². The third kappa shape index (κ3) is 5.48. The van der Waals surface area contributed by atoms with Gasteiger partial charge in [0, 0.05) is 36.5 Å². The lowest BCUT2D eigenvalue weighted by atomic mass is 9.99. The van der Waals surface area contributed by atoms with Gasteiger partial charge in [-0.15, -0.1) is 0 Å². The molecule has 1 N–H and O–H groups in total. The Kier molecular flexibility index (Phi) is 7.00. The highest BCUT2D eigenvalue weighted by Gasteiger charge is 2.34. The van der Waals surface area contributed by atoms with E-state index >= 15 is 0 Å².